The molecule has 0 spiro atoms. The minimum absolute atomic E-state index is 0.219. The van der Waals surface area contributed by atoms with Crippen molar-refractivity contribution in [2.45, 2.75) is 33.0 Å². The Morgan fingerprint density at radius 2 is 1.95 bits per heavy atom. The van der Waals surface area contributed by atoms with E-state index in [1.54, 1.807) is 11.3 Å². The van der Waals surface area contributed by atoms with E-state index in [2.05, 4.69) is 31.3 Å². The molecule has 1 N–H and O–H groups in total. The van der Waals surface area contributed by atoms with Crippen molar-refractivity contribution in [1.82, 2.24) is 10.2 Å². The molecule has 1 heterocycles. The molecule has 0 aromatic carbocycles. The average Bonchev–Trinajstić information content (AvgIpc) is 2.70. The molecule has 1 aromatic rings. The molecule has 0 fully saturated rings. The van der Waals surface area contributed by atoms with Crippen molar-refractivity contribution in [2.75, 3.05) is 25.6 Å². The molecule has 0 unspecified atom stereocenters. The molecular formula is C13H24N2O2S2. The van der Waals surface area contributed by atoms with Gasteiger partial charge in [0.1, 0.15) is 9.84 Å². The van der Waals surface area contributed by atoms with Gasteiger partial charge in [0.25, 0.3) is 0 Å². The molecule has 0 aliphatic rings. The molecule has 0 radical (unpaired) electrons. The van der Waals surface area contributed by atoms with E-state index in [1.807, 2.05) is 11.9 Å². The molecule has 19 heavy (non-hydrogen) atoms. The van der Waals surface area contributed by atoms with Gasteiger partial charge < -0.3 is 10.2 Å². The van der Waals surface area contributed by atoms with Gasteiger partial charge in [-0.3, -0.25) is 0 Å². The highest BCUT2D eigenvalue weighted by atomic mass is 32.2. The van der Waals surface area contributed by atoms with Gasteiger partial charge in [-0.1, -0.05) is 13.8 Å². The van der Waals surface area contributed by atoms with Gasteiger partial charge in [-0.25, -0.2) is 8.42 Å². The third-order valence-electron chi connectivity index (χ3n) is 2.67. The van der Waals surface area contributed by atoms with Gasteiger partial charge in [-0.15, -0.1) is 11.3 Å². The lowest BCUT2D eigenvalue weighted by molar-refractivity contribution is 0.349. The lowest BCUT2D eigenvalue weighted by atomic mass is 10.3. The van der Waals surface area contributed by atoms with Gasteiger partial charge in [0.05, 0.1) is 5.75 Å². The van der Waals surface area contributed by atoms with E-state index in [0.29, 0.717) is 12.6 Å². The van der Waals surface area contributed by atoms with Gasteiger partial charge in [0.15, 0.2) is 0 Å². The van der Waals surface area contributed by atoms with Crippen LogP contribution in [0.4, 0.5) is 0 Å². The number of rotatable bonds is 8. The summed E-state index contributed by atoms with van der Waals surface area (Å²) >= 11 is 1.78. The van der Waals surface area contributed by atoms with Crippen molar-refractivity contribution < 1.29 is 8.42 Å². The number of hydrogen-bond donors (Lipinski definition) is 1. The van der Waals surface area contributed by atoms with Gasteiger partial charge in [0.2, 0.25) is 0 Å². The first kappa shape index (κ1) is 16.6. The van der Waals surface area contributed by atoms with Gasteiger partial charge in [-0.2, -0.15) is 0 Å². The Kier molecular flexibility index (Phi) is 6.46. The Balaban J connectivity index is 2.40. The smallest absolute Gasteiger partial charge is 0.148 e. The molecule has 0 saturated carbocycles. The van der Waals surface area contributed by atoms with E-state index in [4.69, 9.17) is 0 Å². The number of hydrogen-bond acceptors (Lipinski definition) is 5. The number of sulfone groups is 1. The predicted molar refractivity (Wildman–Crippen MR) is 82.3 cm³/mol. The molecule has 110 valence electrons. The molecule has 1 aromatic heterocycles. The Hall–Kier alpha value is -0.430. The summed E-state index contributed by atoms with van der Waals surface area (Å²) in [5.41, 5.74) is 0. The van der Waals surface area contributed by atoms with Gasteiger partial charge in [-0.05, 0) is 19.2 Å². The van der Waals surface area contributed by atoms with Crippen LogP contribution in [0.25, 0.3) is 0 Å². The van der Waals surface area contributed by atoms with Crippen LogP contribution in [0, 0.1) is 0 Å². The van der Waals surface area contributed by atoms with E-state index >= 15 is 0 Å². The van der Waals surface area contributed by atoms with Crippen molar-refractivity contribution in [1.29, 1.82) is 0 Å². The van der Waals surface area contributed by atoms with Crippen LogP contribution in [0.1, 0.15) is 23.6 Å². The molecule has 1 rings (SSSR count). The minimum atomic E-state index is -2.87. The summed E-state index contributed by atoms with van der Waals surface area (Å²) < 4.78 is 22.2. The van der Waals surface area contributed by atoms with Crippen LogP contribution in [0.5, 0.6) is 0 Å². The Labute approximate surface area is 120 Å². The fraction of sp³-hybridized carbons (Fsp3) is 0.692. The lowest BCUT2D eigenvalue weighted by Gasteiger charge is -2.14. The highest BCUT2D eigenvalue weighted by Crippen LogP contribution is 2.18. The lowest BCUT2D eigenvalue weighted by Crippen LogP contribution is -2.24. The van der Waals surface area contributed by atoms with E-state index in [9.17, 15) is 8.42 Å². The number of nitrogens with zero attached hydrogens (tertiary/aromatic N) is 1. The Morgan fingerprint density at radius 1 is 1.32 bits per heavy atom. The number of thiophene rings is 1. The van der Waals surface area contributed by atoms with E-state index in [-0.39, 0.29) is 5.75 Å². The maximum atomic E-state index is 11.1. The fourth-order valence-corrected chi connectivity index (χ4v) is 3.27. The van der Waals surface area contributed by atoms with Crippen LogP contribution < -0.4 is 5.32 Å². The number of nitrogens with one attached hydrogen (secondary N) is 1. The van der Waals surface area contributed by atoms with Crippen LogP contribution in [0.3, 0.4) is 0 Å². The Morgan fingerprint density at radius 3 is 2.53 bits per heavy atom. The third kappa shape index (κ3) is 7.67. The molecule has 0 amide bonds. The normalized spacial score (nSPS) is 12.5. The molecule has 0 saturated heterocycles. The highest BCUT2D eigenvalue weighted by Gasteiger charge is 2.08. The molecule has 6 heteroatoms. The fourth-order valence-electron chi connectivity index (χ4n) is 1.57. The summed E-state index contributed by atoms with van der Waals surface area (Å²) in [4.78, 5) is 4.64. The van der Waals surface area contributed by atoms with Crippen LogP contribution in [-0.4, -0.2) is 45.0 Å². The molecule has 0 aliphatic heterocycles. The van der Waals surface area contributed by atoms with Gasteiger partial charge in [0, 0.05) is 41.7 Å². The quantitative estimate of drug-likeness (QED) is 0.794. The first-order chi connectivity index (χ1) is 8.76. The first-order valence-corrected chi connectivity index (χ1v) is 9.31. The maximum Gasteiger partial charge on any atom is 0.148 e. The standard InChI is InChI=1S/C13H24N2O2S2/c1-11(2)14-9-12-5-6-13(18-12)10-15(3)7-8-19(4,16)17/h5-6,11,14H,7-10H2,1-4H3. The summed E-state index contributed by atoms with van der Waals surface area (Å²) in [6, 6.07) is 4.75. The second-order valence-electron chi connectivity index (χ2n) is 5.27. The summed E-state index contributed by atoms with van der Waals surface area (Å²) in [6.07, 6.45) is 1.28. The van der Waals surface area contributed by atoms with Crippen molar-refractivity contribution in [3.8, 4) is 0 Å². The predicted octanol–water partition coefficient (Wildman–Crippen LogP) is 1.72. The van der Waals surface area contributed by atoms with Crippen LogP contribution in [0.15, 0.2) is 12.1 Å². The van der Waals surface area contributed by atoms with E-state index in [0.717, 1.165) is 13.1 Å². The second-order valence-corrected chi connectivity index (χ2v) is 8.78. The van der Waals surface area contributed by atoms with Crippen LogP contribution in [0.2, 0.25) is 0 Å². The summed E-state index contributed by atoms with van der Waals surface area (Å²) in [6.45, 7) is 6.55. The summed E-state index contributed by atoms with van der Waals surface area (Å²) in [5, 5.41) is 3.39. The zero-order valence-electron chi connectivity index (χ0n) is 12.1. The Bertz CT molecular complexity index is 481. The average molecular weight is 304 g/mol. The molecule has 0 atom stereocenters. The van der Waals surface area contributed by atoms with Gasteiger partial charge >= 0.3 is 0 Å². The second kappa shape index (κ2) is 7.38. The zero-order chi connectivity index (χ0) is 14.5. The highest BCUT2D eigenvalue weighted by molar-refractivity contribution is 7.90. The first-order valence-electron chi connectivity index (χ1n) is 6.43. The topological polar surface area (TPSA) is 49.4 Å². The van der Waals surface area contributed by atoms with Crippen LogP contribution in [-0.2, 0) is 22.9 Å². The summed E-state index contributed by atoms with van der Waals surface area (Å²) in [7, 11) is -0.917. The SMILES string of the molecule is CC(C)NCc1ccc(CN(C)CCS(C)(=O)=O)s1. The third-order valence-corrected chi connectivity index (χ3v) is 4.67. The monoisotopic (exact) mass is 304 g/mol. The molecule has 0 bridgehead atoms. The maximum absolute atomic E-state index is 11.1. The van der Waals surface area contributed by atoms with Crippen molar-refractivity contribution in [3.63, 3.8) is 0 Å². The van der Waals surface area contributed by atoms with Crippen molar-refractivity contribution in [2.24, 2.45) is 0 Å². The van der Waals surface area contributed by atoms with Crippen molar-refractivity contribution >= 4 is 21.2 Å². The molecule has 0 aliphatic carbocycles. The van der Waals surface area contributed by atoms with Crippen LogP contribution >= 0.6 is 11.3 Å². The molecule has 4 nitrogen and oxygen atoms in total. The zero-order valence-corrected chi connectivity index (χ0v) is 13.8. The minimum Gasteiger partial charge on any atom is -0.310 e. The largest absolute Gasteiger partial charge is 0.310 e. The molecular weight excluding hydrogens is 280 g/mol. The van der Waals surface area contributed by atoms with E-state index < -0.39 is 9.84 Å². The summed E-state index contributed by atoms with van der Waals surface area (Å²) in [5.74, 6) is 0.219. The van der Waals surface area contributed by atoms with E-state index in [1.165, 1.54) is 16.0 Å². The van der Waals surface area contributed by atoms with Crippen molar-refractivity contribution in [3.05, 3.63) is 21.9 Å².